The fourth-order valence-electron chi connectivity index (χ4n) is 3.28. The number of hydrogen-bond donors (Lipinski definition) is 1. The third-order valence-electron chi connectivity index (χ3n) is 4.74. The summed E-state index contributed by atoms with van der Waals surface area (Å²) in [5, 5.41) is 3.74. The zero-order chi connectivity index (χ0) is 19.7. The van der Waals surface area contributed by atoms with E-state index >= 15 is 0 Å². The summed E-state index contributed by atoms with van der Waals surface area (Å²) < 4.78 is 2.14. The number of fused-ring (bicyclic) bond motifs is 1. The Morgan fingerprint density at radius 2 is 2.00 bits per heavy atom. The minimum absolute atomic E-state index is 0.182. The van der Waals surface area contributed by atoms with E-state index < -0.39 is 0 Å². The van der Waals surface area contributed by atoms with Crippen molar-refractivity contribution in [2.75, 3.05) is 11.1 Å². The molecule has 2 heterocycles. The average Bonchev–Trinajstić information content (AvgIpc) is 3.25. The predicted octanol–water partition coefficient (Wildman–Crippen LogP) is 4.11. The van der Waals surface area contributed by atoms with Crippen LogP contribution in [0.15, 0.2) is 54.7 Å². The normalized spacial score (nSPS) is 14.1. The first-order valence-corrected chi connectivity index (χ1v) is 10.00. The zero-order valence-electron chi connectivity index (χ0n) is 15.3. The van der Waals surface area contributed by atoms with Crippen molar-refractivity contribution in [1.82, 2.24) is 9.47 Å². The molecule has 0 radical (unpaired) electrons. The highest BCUT2D eigenvalue weighted by Crippen LogP contribution is 2.23. The van der Waals surface area contributed by atoms with E-state index in [2.05, 4.69) is 16.8 Å². The maximum atomic E-state index is 12.7. The van der Waals surface area contributed by atoms with Crippen molar-refractivity contribution in [2.45, 2.75) is 20.0 Å². The van der Waals surface area contributed by atoms with Crippen molar-refractivity contribution in [1.29, 1.82) is 0 Å². The molecule has 0 atom stereocenters. The van der Waals surface area contributed by atoms with Crippen LogP contribution in [0.25, 0.3) is 10.9 Å². The number of nitrogens with one attached hydrogen (secondary N) is 1. The number of benzene rings is 2. The third kappa shape index (κ3) is 3.53. The number of nitrogens with zero attached hydrogens (tertiary/aromatic N) is 2. The monoisotopic (exact) mass is 393 g/mol. The van der Waals surface area contributed by atoms with Gasteiger partial charge in [-0.1, -0.05) is 23.9 Å². The number of carbonyl (C=O) groups is 3. The van der Waals surface area contributed by atoms with Crippen molar-refractivity contribution in [2.24, 2.45) is 0 Å². The molecule has 0 unspecified atom stereocenters. The van der Waals surface area contributed by atoms with E-state index in [1.165, 1.54) is 4.90 Å². The fourth-order valence-corrected chi connectivity index (χ4v) is 4.01. The van der Waals surface area contributed by atoms with Gasteiger partial charge in [-0.25, -0.2) is 0 Å². The number of imide groups is 1. The molecule has 0 saturated carbocycles. The van der Waals surface area contributed by atoms with Gasteiger partial charge in [0.1, 0.15) is 0 Å². The fraction of sp³-hybridized carbons (Fsp3) is 0.190. The van der Waals surface area contributed by atoms with E-state index in [0.29, 0.717) is 5.56 Å². The molecule has 1 aromatic heterocycles. The van der Waals surface area contributed by atoms with Crippen LogP contribution in [0.2, 0.25) is 0 Å². The number of aromatic nitrogens is 1. The van der Waals surface area contributed by atoms with Gasteiger partial charge in [0.15, 0.2) is 0 Å². The van der Waals surface area contributed by atoms with Crippen molar-refractivity contribution in [3.05, 3.63) is 65.9 Å². The van der Waals surface area contributed by atoms with Gasteiger partial charge in [-0.15, -0.1) is 0 Å². The summed E-state index contributed by atoms with van der Waals surface area (Å²) in [6, 6.07) is 14.8. The van der Waals surface area contributed by atoms with Gasteiger partial charge in [0, 0.05) is 34.9 Å². The van der Waals surface area contributed by atoms with Crippen LogP contribution in [0.5, 0.6) is 0 Å². The van der Waals surface area contributed by atoms with Crippen molar-refractivity contribution in [3.63, 3.8) is 0 Å². The SMILES string of the molecule is CCn1ccc2cc(NC(=O)c3cccc(CN4C(=O)CSC4=O)c3)ccc21. The maximum absolute atomic E-state index is 12.7. The van der Waals surface area contributed by atoms with Crippen LogP contribution in [0, 0.1) is 0 Å². The van der Waals surface area contributed by atoms with Gasteiger partial charge in [-0.2, -0.15) is 0 Å². The van der Waals surface area contributed by atoms with Crippen LogP contribution in [0.4, 0.5) is 10.5 Å². The van der Waals surface area contributed by atoms with E-state index in [1.54, 1.807) is 24.3 Å². The molecule has 3 amide bonds. The molecule has 3 aromatic rings. The first-order chi connectivity index (χ1) is 13.5. The second kappa shape index (κ2) is 7.52. The highest BCUT2D eigenvalue weighted by molar-refractivity contribution is 8.14. The summed E-state index contributed by atoms with van der Waals surface area (Å²) >= 11 is 1.01. The highest BCUT2D eigenvalue weighted by Gasteiger charge is 2.29. The Morgan fingerprint density at radius 3 is 2.75 bits per heavy atom. The number of anilines is 1. The summed E-state index contributed by atoms with van der Waals surface area (Å²) in [4.78, 5) is 37.4. The van der Waals surface area contributed by atoms with E-state index in [-0.39, 0.29) is 29.4 Å². The quantitative estimate of drug-likeness (QED) is 0.708. The molecule has 142 valence electrons. The number of thioether (sulfide) groups is 1. The van der Waals surface area contributed by atoms with Crippen LogP contribution in [-0.4, -0.2) is 32.3 Å². The lowest BCUT2D eigenvalue weighted by Gasteiger charge is -2.13. The Morgan fingerprint density at radius 1 is 1.14 bits per heavy atom. The summed E-state index contributed by atoms with van der Waals surface area (Å²) in [5.74, 6) is -0.247. The van der Waals surface area contributed by atoms with Crippen molar-refractivity contribution in [3.8, 4) is 0 Å². The minimum atomic E-state index is -0.243. The number of carbonyl (C=O) groups excluding carboxylic acids is 3. The second-order valence-corrected chi connectivity index (χ2v) is 7.49. The zero-order valence-corrected chi connectivity index (χ0v) is 16.2. The van der Waals surface area contributed by atoms with Gasteiger partial charge in [0.2, 0.25) is 5.91 Å². The summed E-state index contributed by atoms with van der Waals surface area (Å²) in [6.45, 7) is 3.16. The summed E-state index contributed by atoms with van der Waals surface area (Å²) in [5.41, 5.74) is 3.07. The first kappa shape index (κ1) is 18.3. The number of rotatable bonds is 5. The molecule has 1 aliphatic heterocycles. The Labute approximate surface area is 166 Å². The molecular weight excluding hydrogens is 374 g/mol. The summed E-state index contributed by atoms with van der Waals surface area (Å²) in [6.07, 6.45) is 2.03. The van der Waals surface area contributed by atoms with Gasteiger partial charge in [0.25, 0.3) is 11.1 Å². The van der Waals surface area contributed by atoms with Gasteiger partial charge in [0.05, 0.1) is 12.3 Å². The molecule has 1 aliphatic rings. The van der Waals surface area contributed by atoms with E-state index in [0.717, 1.165) is 40.5 Å². The van der Waals surface area contributed by atoms with Crippen LogP contribution in [-0.2, 0) is 17.9 Å². The lowest BCUT2D eigenvalue weighted by molar-refractivity contribution is -0.125. The molecule has 4 rings (SSSR count). The largest absolute Gasteiger partial charge is 0.348 e. The molecule has 1 N–H and O–H groups in total. The van der Waals surface area contributed by atoms with Crippen LogP contribution < -0.4 is 5.32 Å². The molecule has 1 fully saturated rings. The minimum Gasteiger partial charge on any atom is -0.348 e. The van der Waals surface area contributed by atoms with Crippen LogP contribution >= 0.6 is 11.8 Å². The molecule has 7 heteroatoms. The number of hydrogen-bond acceptors (Lipinski definition) is 4. The van der Waals surface area contributed by atoms with Gasteiger partial charge < -0.3 is 9.88 Å². The molecule has 2 aromatic carbocycles. The Hall–Kier alpha value is -3.06. The van der Waals surface area contributed by atoms with Crippen molar-refractivity contribution >= 4 is 45.4 Å². The molecule has 1 saturated heterocycles. The molecule has 0 bridgehead atoms. The van der Waals surface area contributed by atoms with E-state index in [4.69, 9.17) is 0 Å². The van der Waals surface area contributed by atoms with E-state index in [1.807, 2.05) is 30.5 Å². The topological polar surface area (TPSA) is 71.4 Å². The molecule has 28 heavy (non-hydrogen) atoms. The Balaban J connectivity index is 1.50. The predicted molar refractivity (Wildman–Crippen MR) is 110 cm³/mol. The second-order valence-electron chi connectivity index (χ2n) is 6.56. The average molecular weight is 393 g/mol. The third-order valence-corrected chi connectivity index (χ3v) is 5.60. The molecular formula is C21H19N3O3S. The lowest BCUT2D eigenvalue weighted by Crippen LogP contribution is -2.28. The summed E-state index contributed by atoms with van der Waals surface area (Å²) in [7, 11) is 0. The first-order valence-electron chi connectivity index (χ1n) is 9.01. The van der Waals surface area contributed by atoms with E-state index in [9.17, 15) is 14.4 Å². The van der Waals surface area contributed by atoms with Gasteiger partial charge in [-0.05, 0) is 48.9 Å². The molecule has 0 aliphatic carbocycles. The lowest BCUT2D eigenvalue weighted by atomic mass is 10.1. The highest BCUT2D eigenvalue weighted by atomic mass is 32.2. The standard InChI is InChI=1S/C21H19N3O3S/c1-2-23-9-8-15-11-17(6-7-18(15)23)22-20(26)16-5-3-4-14(10-16)12-24-19(25)13-28-21(24)27/h3-11H,2,12-13H2,1H3,(H,22,26). The van der Waals surface area contributed by atoms with Gasteiger partial charge in [-0.3, -0.25) is 19.3 Å². The van der Waals surface area contributed by atoms with Gasteiger partial charge >= 0.3 is 0 Å². The smallest absolute Gasteiger partial charge is 0.289 e. The maximum Gasteiger partial charge on any atom is 0.289 e. The number of amides is 3. The Bertz CT molecular complexity index is 1070. The van der Waals surface area contributed by atoms with Crippen LogP contribution in [0.1, 0.15) is 22.8 Å². The number of aryl methyl sites for hydroxylation is 1. The molecule has 0 spiro atoms. The van der Waals surface area contributed by atoms with Crippen LogP contribution in [0.3, 0.4) is 0 Å². The Kier molecular flexibility index (Phi) is 4.92. The molecule has 6 nitrogen and oxygen atoms in total. The van der Waals surface area contributed by atoms with Crippen molar-refractivity contribution < 1.29 is 14.4 Å².